The summed E-state index contributed by atoms with van der Waals surface area (Å²) in [5, 5.41) is 8.77. The first kappa shape index (κ1) is 15.3. The molecule has 0 radical (unpaired) electrons. The third kappa shape index (κ3) is 4.78. The van der Waals surface area contributed by atoms with E-state index in [0.29, 0.717) is 0 Å². The molecule has 1 aromatic rings. The Bertz CT molecular complexity index is 452. The van der Waals surface area contributed by atoms with Crippen LogP contribution < -0.4 is 4.90 Å². The van der Waals surface area contributed by atoms with Crippen molar-refractivity contribution in [1.82, 2.24) is 0 Å². The number of aryl methyl sites for hydroxylation is 1. The molecule has 0 aliphatic heterocycles. The Hall–Kier alpha value is -1.77. The Morgan fingerprint density at radius 2 is 2.11 bits per heavy atom. The fourth-order valence-electron chi connectivity index (χ4n) is 2.05. The normalized spacial score (nSPS) is 10.9. The van der Waals surface area contributed by atoms with Gasteiger partial charge in [0.25, 0.3) is 0 Å². The minimum Gasteiger partial charge on any atom is -0.478 e. The van der Waals surface area contributed by atoms with Crippen molar-refractivity contribution < 1.29 is 9.90 Å². The van der Waals surface area contributed by atoms with Gasteiger partial charge in [-0.15, -0.1) is 0 Å². The van der Waals surface area contributed by atoms with Crippen molar-refractivity contribution >= 4 is 17.7 Å². The zero-order valence-electron chi connectivity index (χ0n) is 12.0. The van der Waals surface area contributed by atoms with Crippen molar-refractivity contribution in [3.05, 3.63) is 35.4 Å². The lowest BCUT2D eigenvalue weighted by Gasteiger charge is -2.25. The minimum atomic E-state index is -0.913. The molecule has 19 heavy (non-hydrogen) atoms. The van der Waals surface area contributed by atoms with Crippen LogP contribution in [-0.2, 0) is 4.79 Å². The van der Waals surface area contributed by atoms with Gasteiger partial charge in [0.2, 0.25) is 0 Å². The van der Waals surface area contributed by atoms with Crippen molar-refractivity contribution in [3.63, 3.8) is 0 Å². The number of carboxylic acids is 1. The molecule has 3 nitrogen and oxygen atoms in total. The predicted molar refractivity (Wildman–Crippen MR) is 80.6 cm³/mol. The third-order valence-corrected chi connectivity index (χ3v) is 3.09. The van der Waals surface area contributed by atoms with Crippen LogP contribution in [0.1, 0.15) is 37.8 Å². The van der Waals surface area contributed by atoms with Crippen LogP contribution in [0.15, 0.2) is 24.3 Å². The highest BCUT2D eigenvalue weighted by atomic mass is 16.4. The first-order valence-electron chi connectivity index (χ1n) is 6.85. The standard InChI is InChI=1S/C16H23NO2/c1-4-6-11-17(5-2)15-9-7-13(3)12-14(15)8-10-16(18)19/h7-10,12H,4-6,11H2,1-3H3,(H,18,19)/b10-8+. The zero-order chi connectivity index (χ0) is 14.3. The molecular weight excluding hydrogens is 238 g/mol. The third-order valence-electron chi connectivity index (χ3n) is 3.09. The molecular formula is C16H23NO2. The second kappa shape index (κ2) is 7.62. The lowest BCUT2D eigenvalue weighted by atomic mass is 10.1. The van der Waals surface area contributed by atoms with Crippen LogP contribution in [0.5, 0.6) is 0 Å². The second-order valence-electron chi connectivity index (χ2n) is 4.67. The summed E-state index contributed by atoms with van der Waals surface area (Å²) in [6, 6.07) is 6.18. The summed E-state index contributed by atoms with van der Waals surface area (Å²) >= 11 is 0. The molecule has 0 amide bonds. The van der Waals surface area contributed by atoms with E-state index >= 15 is 0 Å². The summed E-state index contributed by atoms with van der Waals surface area (Å²) in [7, 11) is 0. The van der Waals surface area contributed by atoms with Gasteiger partial charge < -0.3 is 10.0 Å². The number of rotatable bonds is 7. The van der Waals surface area contributed by atoms with Crippen molar-refractivity contribution in [2.45, 2.75) is 33.6 Å². The van der Waals surface area contributed by atoms with E-state index < -0.39 is 5.97 Å². The molecule has 0 unspecified atom stereocenters. The SMILES string of the molecule is CCCCN(CC)c1ccc(C)cc1/C=C/C(=O)O. The van der Waals surface area contributed by atoms with Gasteiger partial charge >= 0.3 is 5.97 Å². The number of unbranched alkanes of at least 4 members (excludes halogenated alkanes) is 1. The Morgan fingerprint density at radius 1 is 1.37 bits per heavy atom. The van der Waals surface area contributed by atoms with Crippen molar-refractivity contribution in [3.8, 4) is 0 Å². The number of nitrogens with zero attached hydrogens (tertiary/aromatic N) is 1. The molecule has 0 aliphatic rings. The molecule has 1 rings (SSSR count). The lowest BCUT2D eigenvalue weighted by molar-refractivity contribution is -0.131. The highest BCUT2D eigenvalue weighted by Crippen LogP contribution is 2.23. The van der Waals surface area contributed by atoms with E-state index in [2.05, 4.69) is 30.9 Å². The van der Waals surface area contributed by atoms with Gasteiger partial charge in [0.05, 0.1) is 0 Å². The molecule has 0 aliphatic carbocycles. The lowest BCUT2D eigenvalue weighted by Crippen LogP contribution is -2.24. The smallest absolute Gasteiger partial charge is 0.328 e. The molecule has 0 spiro atoms. The van der Waals surface area contributed by atoms with Crippen LogP contribution in [0.25, 0.3) is 6.08 Å². The number of carbonyl (C=O) groups is 1. The zero-order valence-corrected chi connectivity index (χ0v) is 12.0. The quantitative estimate of drug-likeness (QED) is 0.760. The van der Waals surface area contributed by atoms with Gasteiger partial charge in [-0.25, -0.2) is 4.79 Å². The van der Waals surface area contributed by atoms with Crippen molar-refractivity contribution in [2.75, 3.05) is 18.0 Å². The van der Waals surface area contributed by atoms with E-state index in [1.165, 1.54) is 6.08 Å². The average molecular weight is 261 g/mol. The number of aliphatic carboxylic acids is 1. The largest absolute Gasteiger partial charge is 0.478 e. The molecule has 0 bridgehead atoms. The number of hydrogen-bond acceptors (Lipinski definition) is 2. The molecule has 3 heteroatoms. The van der Waals surface area contributed by atoms with Crippen LogP contribution in [0, 0.1) is 6.92 Å². The Morgan fingerprint density at radius 3 is 2.68 bits per heavy atom. The number of anilines is 1. The topological polar surface area (TPSA) is 40.5 Å². The fraction of sp³-hybridized carbons (Fsp3) is 0.438. The van der Waals surface area contributed by atoms with Gasteiger partial charge in [0.15, 0.2) is 0 Å². The van der Waals surface area contributed by atoms with Crippen LogP contribution in [-0.4, -0.2) is 24.2 Å². The Kier molecular flexibility index (Phi) is 6.13. The first-order valence-corrected chi connectivity index (χ1v) is 6.85. The maximum atomic E-state index is 10.7. The first-order chi connectivity index (χ1) is 9.08. The summed E-state index contributed by atoms with van der Waals surface area (Å²) in [4.78, 5) is 13.0. The van der Waals surface area contributed by atoms with Gasteiger partial charge in [-0.3, -0.25) is 0 Å². The van der Waals surface area contributed by atoms with E-state index in [4.69, 9.17) is 5.11 Å². The number of hydrogen-bond donors (Lipinski definition) is 1. The van der Waals surface area contributed by atoms with Gasteiger partial charge in [0.1, 0.15) is 0 Å². The Labute approximate surface area is 115 Å². The van der Waals surface area contributed by atoms with Gasteiger partial charge in [-0.1, -0.05) is 25.0 Å². The van der Waals surface area contributed by atoms with Crippen LogP contribution in [0.3, 0.4) is 0 Å². The summed E-state index contributed by atoms with van der Waals surface area (Å²) in [5.74, 6) is -0.913. The molecule has 1 N–H and O–H groups in total. The molecule has 0 heterocycles. The molecule has 0 atom stereocenters. The summed E-state index contributed by atoms with van der Waals surface area (Å²) in [6.45, 7) is 8.25. The molecule has 0 saturated carbocycles. The second-order valence-corrected chi connectivity index (χ2v) is 4.67. The highest BCUT2D eigenvalue weighted by Gasteiger charge is 2.08. The minimum absolute atomic E-state index is 0.913. The van der Waals surface area contributed by atoms with Crippen molar-refractivity contribution in [1.29, 1.82) is 0 Å². The fourth-order valence-corrected chi connectivity index (χ4v) is 2.05. The van der Waals surface area contributed by atoms with Crippen LogP contribution in [0.2, 0.25) is 0 Å². The van der Waals surface area contributed by atoms with E-state index in [1.54, 1.807) is 6.08 Å². The molecule has 0 fully saturated rings. The van der Waals surface area contributed by atoms with E-state index in [0.717, 1.165) is 42.7 Å². The van der Waals surface area contributed by atoms with Gasteiger partial charge in [-0.2, -0.15) is 0 Å². The maximum absolute atomic E-state index is 10.7. The molecule has 0 saturated heterocycles. The average Bonchev–Trinajstić information content (AvgIpc) is 2.38. The summed E-state index contributed by atoms with van der Waals surface area (Å²) in [6.07, 6.45) is 5.18. The number of carboxylic acid groups (broad SMARTS) is 1. The monoisotopic (exact) mass is 261 g/mol. The molecule has 104 valence electrons. The summed E-state index contributed by atoms with van der Waals surface area (Å²) in [5.41, 5.74) is 3.22. The van der Waals surface area contributed by atoms with Crippen LogP contribution >= 0.6 is 0 Å². The van der Waals surface area contributed by atoms with Crippen LogP contribution in [0.4, 0.5) is 5.69 Å². The van der Waals surface area contributed by atoms with E-state index in [9.17, 15) is 4.79 Å². The van der Waals surface area contributed by atoms with E-state index in [1.807, 2.05) is 13.0 Å². The predicted octanol–water partition coefficient (Wildman–Crippen LogP) is 3.72. The molecule has 1 aromatic carbocycles. The van der Waals surface area contributed by atoms with Gasteiger partial charge in [-0.05, 0) is 44.0 Å². The molecule has 0 aromatic heterocycles. The number of benzene rings is 1. The maximum Gasteiger partial charge on any atom is 0.328 e. The highest BCUT2D eigenvalue weighted by molar-refractivity contribution is 5.87. The van der Waals surface area contributed by atoms with Gasteiger partial charge in [0, 0.05) is 24.9 Å². The Balaban J connectivity index is 3.06. The summed E-state index contributed by atoms with van der Waals surface area (Å²) < 4.78 is 0. The van der Waals surface area contributed by atoms with Crippen molar-refractivity contribution in [2.24, 2.45) is 0 Å². The van der Waals surface area contributed by atoms with E-state index in [-0.39, 0.29) is 0 Å².